The van der Waals surface area contributed by atoms with Gasteiger partial charge in [-0.25, -0.2) is 0 Å². The summed E-state index contributed by atoms with van der Waals surface area (Å²) in [6.07, 6.45) is 36.3. The van der Waals surface area contributed by atoms with E-state index in [-0.39, 0.29) is 66.9 Å². The molecule has 0 aliphatic heterocycles. The van der Waals surface area contributed by atoms with Crippen molar-refractivity contribution >= 4 is 17.9 Å². The van der Waals surface area contributed by atoms with Crippen LogP contribution in [0.15, 0.2) is 23.8 Å². The second-order valence-corrected chi connectivity index (χ2v) is 22.7. The number of unbranched alkanes of at least 4 members (excludes halogenated alkanes) is 11. The fourth-order valence-electron chi connectivity index (χ4n) is 12.8. The van der Waals surface area contributed by atoms with E-state index in [0.29, 0.717) is 22.9 Å². The third-order valence-electron chi connectivity index (χ3n) is 16.2. The molecule has 0 spiro atoms. The van der Waals surface area contributed by atoms with Gasteiger partial charge in [-0.3, -0.25) is 14.4 Å². The lowest BCUT2D eigenvalue weighted by molar-refractivity contribution is -0.873. The zero-order valence-electron chi connectivity index (χ0n) is 42.1. The monoisotopic (exact) mass is 994 g/mol. The molecule has 0 amide bonds. The normalized spacial score (nSPS) is 27.7. The van der Waals surface area contributed by atoms with Crippen LogP contribution in [-0.2, 0) is 28.6 Å². The standard InChI is InChI=1S/C55H96NO6.HI/c1-10-11-12-13-14-15-16-17-18-19-20-21-22-23-24-28-52(58)62-46(40-56(7,8)9)41-60-51(57)33-34-53(59)61-45-35-37-54(5)44(39-45)29-30-47-49-32-31-48(43(4)27-25-26-42(2)3)55(49,6)38-36-50(47)54;/h17-18,29,42-43,45-50H,10-16,19-28,30-41H2,1-9H3;1H/q+1;/p-1/b18-17-;/t43-,45+,46?,47+,48-,49+,50+,54+,55-;/m1./s1. The number of halogens is 1. The van der Waals surface area contributed by atoms with Crippen LogP contribution in [0.1, 0.15) is 215 Å². The van der Waals surface area contributed by atoms with Crippen LogP contribution >= 0.6 is 0 Å². The number of fused-ring (bicyclic) bond motifs is 5. The Morgan fingerprint density at radius 1 is 0.746 bits per heavy atom. The van der Waals surface area contributed by atoms with Gasteiger partial charge in [0.25, 0.3) is 0 Å². The minimum Gasteiger partial charge on any atom is -1.00 e. The fraction of sp³-hybridized carbons (Fsp3) is 0.873. The van der Waals surface area contributed by atoms with E-state index in [1.54, 1.807) is 0 Å². The number of ether oxygens (including phenoxy) is 3. The van der Waals surface area contributed by atoms with Gasteiger partial charge in [-0.05, 0) is 123 Å². The van der Waals surface area contributed by atoms with Gasteiger partial charge in [-0.15, -0.1) is 0 Å². The molecule has 4 rings (SSSR count). The van der Waals surface area contributed by atoms with Crippen molar-refractivity contribution in [2.24, 2.45) is 46.3 Å². The zero-order chi connectivity index (χ0) is 45.2. The number of allylic oxidation sites excluding steroid dienone is 3. The second-order valence-electron chi connectivity index (χ2n) is 22.7. The van der Waals surface area contributed by atoms with Gasteiger partial charge in [-0.2, -0.15) is 0 Å². The van der Waals surface area contributed by atoms with Crippen molar-refractivity contribution in [3.8, 4) is 0 Å². The van der Waals surface area contributed by atoms with Crippen molar-refractivity contribution < 1.29 is 57.1 Å². The predicted molar refractivity (Wildman–Crippen MR) is 255 cm³/mol. The van der Waals surface area contributed by atoms with E-state index in [0.717, 1.165) is 80.5 Å². The molecule has 4 aliphatic carbocycles. The van der Waals surface area contributed by atoms with Crippen LogP contribution in [0, 0.1) is 46.3 Å². The molecule has 0 saturated heterocycles. The van der Waals surface area contributed by atoms with Crippen molar-refractivity contribution in [1.29, 1.82) is 0 Å². The van der Waals surface area contributed by atoms with Crippen LogP contribution in [0.25, 0.3) is 0 Å². The molecule has 0 aromatic rings. The molecular formula is C55H96INO6. The van der Waals surface area contributed by atoms with Gasteiger partial charge in [0.05, 0.1) is 34.0 Å². The third kappa shape index (κ3) is 18.3. The van der Waals surface area contributed by atoms with Gasteiger partial charge in [-0.1, -0.05) is 136 Å². The Bertz CT molecular complexity index is 1420. The molecule has 63 heavy (non-hydrogen) atoms. The maximum atomic E-state index is 13.1. The summed E-state index contributed by atoms with van der Waals surface area (Å²) in [5, 5.41) is 0. The smallest absolute Gasteiger partial charge is 0.306 e. The number of esters is 3. The van der Waals surface area contributed by atoms with Crippen molar-refractivity contribution in [1.82, 2.24) is 0 Å². The third-order valence-corrected chi connectivity index (χ3v) is 16.2. The van der Waals surface area contributed by atoms with E-state index in [1.165, 1.54) is 115 Å². The molecule has 0 bridgehead atoms. The van der Waals surface area contributed by atoms with E-state index in [4.69, 9.17) is 14.2 Å². The molecule has 0 heterocycles. The lowest BCUT2D eigenvalue weighted by atomic mass is 9.47. The molecule has 9 atom stereocenters. The van der Waals surface area contributed by atoms with Gasteiger partial charge < -0.3 is 42.7 Å². The van der Waals surface area contributed by atoms with E-state index in [1.807, 2.05) is 21.1 Å². The number of rotatable bonds is 29. The first-order valence-electron chi connectivity index (χ1n) is 26.2. The van der Waals surface area contributed by atoms with Crippen LogP contribution in [0.3, 0.4) is 0 Å². The summed E-state index contributed by atoms with van der Waals surface area (Å²) in [6, 6.07) is 0. The minimum absolute atomic E-state index is 0. The first kappa shape index (κ1) is 55.9. The number of carbonyl (C=O) groups is 3. The highest BCUT2D eigenvalue weighted by atomic mass is 127. The topological polar surface area (TPSA) is 78.9 Å². The van der Waals surface area contributed by atoms with E-state index in [9.17, 15) is 14.4 Å². The average molecular weight is 994 g/mol. The number of carbonyl (C=O) groups excluding carboxylic acids is 3. The van der Waals surface area contributed by atoms with Crippen LogP contribution in [0.5, 0.6) is 0 Å². The number of hydrogen-bond donors (Lipinski definition) is 0. The number of hydrogen-bond acceptors (Lipinski definition) is 6. The predicted octanol–water partition coefficient (Wildman–Crippen LogP) is 10.9. The highest BCUT2D eigenvalue weighted by Gasteiger charge is 2.59. The first-order valence-corrected chi connectivity index (χ1v) is 26.2. The molecule has 1 unspecified atom stereocenters. The highest BCUT2D eigenvalue weighted by molar-refractivity contribution is 5.77. The van der Waals surface area contributed by atoms with Crippen LogP contribution < -0.4 is 24.0 Å². The van der Waals surface area contributed by atoms with Gasteiger partial charge in [0.15, 0.2) is 6.10 Å². The Balaban J connectivity index is 0.0000106. The fourth-order valence-corrected chi connectivity index (χ4v) is 12.8. The number of nitrogens with zero attached hydrogens (tertiary/aromatic N) is 1. The molecule has 8 heteroatoms. The summed E-state index contributed by atoms with van der Waals surface area (Å²) in [7, 11) is 6.10. The summed E-state index contributed by atoms with van der Waals surface area (Å²) < 4.78 is 18.0. The SMILES string of the molecule is CCCCCCCC/C=C\CCCCCCCC(=O)OC(COC(=O)CCC(=O)O[C@H]1CC[C@@]2(C)C(=CC[C@H]3[C@@H]4CC[C@H]([C@H](C)CCCC(C)C)[C@@]4(C)CC[C@@H]32)C1)C[N+](C)(C)C.[I-]. The Morgan fingerprint density at radius 3 is 2.06 bits per heavy atom. The molecule has 4 aliphatic rings. The summed E-state index contributed by atoms with van der Waals surface area (Å²) >= 11 is 0. The molecule has 0 aromatic carbocycles. The quantitative estimate of drug-likeness (QED) is 0.0186. The van der Waals surface area contributed by atoms with E-state index in [2.05, 4.69) is 59.8 Å². The lowest BCUT2D eigenvalue weighted by Gasteiger charge is -2.58. The van der Waals surface area contributed by atoms with Gasteiger partial charge >= 0.3 is 17.9 Å². The van der Waals surface area contributed by atoms with Crippen molar-refractivity contribution in [2.75, 3.05) is 34.3 Å². The van der Waals surface area contributed by atoms with Gasteiger partial charge in [0.1, 0.15) is 19.3 Å². The van der Waals surface area contributed by atoms with Crippen LogP contribution in [0.2, 0.25) is 0 Å². The summed E-state index contributed by atoms with van der Waals surface area (Å²) in [5.41, 5.74) is 2.19. The summed E-state index contributed by atoms with van der Waals surface area (Å²) in [6.45, 7) is 15.2. The molecular weight excluding hydrogens is 898 g/mol. The largest absolute Gasteiger partial charge is 1.00 e. The van der Waals surface area contributed by atoms with Crippen molar-refractivity contribution in [3.63, 3.8) is 0 Å². The lowest BCUT2D eigenvalue weighted by Crippen LogP contribution is -3.00. The number of quaternary nitrogens is 1. The molecule has 0 radical (unpaired) electrons. The Kier molecular flexibility index (Phi) is 24.9. The average Bonchev–Trinajstić information content (AvgIpc) is 3.57. The molecule has 3 saturated carbocycles. The van der Waals surface area contributed by atoms with Crippen molar-refractivity contribution in [2.45, 2.75) is 227 Å². The van der Waals surface area contributed by atoms with Gasteiger partial charge in [0.2, 0.25) is 0 Å². The van der Waals surface area contributed by atoms with E-state index < -0.39 is 12.1 Å². The van der Waals surface area contributed by atoms with Crippen LogP contribution in [-0.4, -0.2) is 68.9 Å². The highest BCUT2D eigenvalue weighted by Crippen LogP contribution is 2.67. The number of likely N-dealkylation sites (N-methyl/N-ethyl adjacent to an activating group) is 1. The minimum atomic E-state index is -0.530. The zero-order valence-corrected chi connectivity index (χ0v) is 44.3. The molecule has 0 N–H and O–H groups in total. The van der Waals surface area contributed by atoms with Gasteiger partial charge in [0, 0.05) is 12.8 Å². The van der Waals surface area contributed by atoms with Crippen LogP contribution in [0.4, 0.5) is 0 Å². The maximum absolute atomic E-state index is 13.1. The first-order chi connectivity index (χ1) is 29.6. The van der Waals surface area contributed by atoms with E-state index >= 15 is 0 Å². The molecule has 7 nitrogen and oxygen atoms in total. The second kappa shape index (κ2) is 28.0. The molecule has 364 valence electrons. The summed E-state index contributed by atoms with van der Waals surface area (Å²) in [5.74, 6) is 3.82. The molecule has 3 fully saturated rings. The summed E-state index contributed by atoms with van der Waals surface area (Å²) in [4.78, 5) is 38.7. The Labute approximate surface area is 404 Å². The Hall–Kier alpha value is -1.42. The Morgan fingerprint density at radius 2 is 1.40 bits per heavy atom. The van der Waals surface area contributed by atoms with Crippen molar-refractivity contribution in [3.05, 3.63) is 23.8 Å². The molecule has 0 aromatic heterocycles. The maximum Gasteiger partial charge on any atom is 0.306 e.